The van der Waals surface area contributed by atoms with Gasteiger partial charge in [0.05, 0.1) is 21.2 Å². The summed E-state index contributed by atoms with van der Waals surface area (Å²) in [5, 5.41) is 5.46. The molecule has 0 fully saturated rings. The van der Waals surface area contributed by atoms with Gasteiger partial charge >= 0.3 is 0 Å². The maximum Gasteiger partial charge on any atom is 0.261 e. The van der Waals surface area contributed by atoms with Crippen molar-refractivity contribution in [3.05, 3.63) is 48.0 Å². The Morgan fingerprint density at radius 2 is 1.52 bits per heavy atom. The van der Waals surface area contributed by atoms with E-state index in [2.05, 4.69) is 15.4 Å². The molecule has 11 heteroatoms. The Balaban J connectivity index is 2.46. The number of hydrogen-bond donors (Lipinski definition) is 3. The molecule has 0 spiro atoms. The highest BCUT2D eigenvalue weighted by atomic mass is 32.2. The second-order valence-electron chi connectivity index (χ2n) is 6.23. The summed E-state index contributed by atoms with van der Waals surface area (Å²) in [6.07, 6.45) is 0. The van der Waals surface area contributed by atoms with Crippen LogP contribution in [0.4, 0.5) is 11.4 Å². The molecule has 3 N–H and O–H groups in total. The Bertz CT molecular complexity index is 1100. The zero-order chi connectivity index (χ0) is 21.8. The van der Waals surface area contributed by atoms with Crippen molar-refractivity contribution < 1.29 is 21.6 Å². The quantitative estimate of drug-likeness (QED) is 0.572. The number of carbonyl (C=O) groups excluding carboxylic acids is 1. The molecule has 0 saturated carbocycles. The summed E-state index contributed by atoms with van der Waals surface area (Å²) in [5.74, 6) is -0.335. The average Bonchev–Trinajstić information content (AvgIpc) is 2.68. The highest BCUT2D eigenvalue weighted by Gasteiger charge is 2.22. The van der Waals surface area contributed by atoms with Gasteiger partial charge in [0.15, 0.2) is 0 Å². The number of amides is 1. The van der Waals surface area contributed by atoms with Gasteiger partial charge < -0.3 is 10.6 Å². The van der Waals surface area contributed by atoms with E-state index in [4.69, 9.17) is 0 Å². The third-order valence-electron chi connectivity index (χ3n) is 4.04. The summed E-state index contributed by atoms with van der Waals surface area (Å²) in [6, 6.07) is 9.58. The number of carbonyl (C=O) groups is 1. The molecule has 0 aliphatic heterocycles. The van der Waals surface area contributed by atoms with Crippen LogP contribution >= 0.6 is 0 Å². The standard InChI is InChI=1S/C18H24N4O5S2/c1-5-20-16-11-10-15(29(26,27)22(3)4)12-17(16)21-28(24,25)14-8-6-13(7-9-14)18(23)19-2/h6-12,20-21H,5H2,1-4H3,(H,19,23). The molecular weight excluding hydrogens is 416 g/mol. The van der Waals surface area contributed by atoms with Crippen molar-refractivity contribution in [2.75, 3.05) is 37.7 Å². The first kappa shape index (κ1) is 22.7. The fraction of sp³-hybridized carbons (Fsp3) is 0.278. The summed E-state index contributed by atoms with van der Waals surface area (Å²) in [4.78, 5) is 11.5. The molecule has 0 aliphatic carbocycles. The summed E-state index contributed by atoms with van der Waals surface area (Å²) in [7, 11) is -3.49. The van der Waals surface area contributed by atoms with Gasteiger partial charge in [-0.1, -0.05) is 0 Å². The van der Waals surface area contributed by atoms with Crippen LogP contribution in [0.1, 0.15) is 17.3 Å². The Hall–Kier alpha value is -2.63. The molecule has 2 rings (SSSR count). The summed E-state index contributed by atoms with van der Waals surface area (Å²) in [6.45, 7) is 2.34. The lowest BCUT2D eigenvalue weighted by atomic mass is 10.2. The van der Waals surface area contributed by atoms with Gasteiger partial charge in [-0.25, -0.2) is 21.1 Å². The monoisotopic (exact) mass is 440 g/mol. The SMILES string of the molecule is CCNc1ccc(S(=O)(=O)N(C)C)cc1NS(=O)(=O)c1ccc(C(=O)NC)cc1. The average molecular weight is 441 g/mol. The first-order valence-corrected chi connectivity index (χ1v) is 11.6. The van der Waals surface area contributed by atoms with Crippen molar-refractivity contribution in [2.24, 2.45) is 0 Å². The highest BCUT2D eigenvalue weighted by molar-refractivity contribution is 7.92. The fourth-order valence-electron chi connectivity index (χ4n) is 2.46. The molecule has 9 nitrogen and oxygen atoms in total. The molecule has 0 unspecified atom stereocenters. The molecule has 0 heterocycles. The number of hydrogen-bond acceptors (Lipinski definition) is 6. The summed E-state index contributed by atoms with van der Waals surface area (Å²) in [5.41, 5.74) is 0.861. The highest BCUT2D eigenvalue weighted by Crippen LogP contribution is 2.29. The van der Waals surface area contributed by atoms with Crippen LogP contribution in [-0.4, -0.2) is 54.7 Å². The number of nitrogens with zero attached hydrogens (tertiary/aromatic N) is 1. The summed E-state index contributed by atoms with van der Waals surface area (Å²) >= 11 is 0. The largest absolute Gasteiger partial charge is 0.384 e. The van der Waals surface area contributed by atoms with Crippen molar-refractivity contribution in [3.8, 4) is 0 Å². The van der Waals surface area contributed by atoms with E-state index >= 15 is 0 Å². The van der Waals surface area contributed by atoms with Gasteiger partial charge in [-0.05, 0) is 49.4 Å². The van der Waals surface area contributed by atoms with E-state index in [-0.39, 0.29) is 21.4 Å². The van der Waals surface area contributed by atoms with Gasteiger partial charge in [-0.3, -0.25) is 9.52 Å². The Kier molecular flexibility index (Phi) is 6.88. The van der Waals surface area contributed by atoms with Gasteiger partial charge in [0.25, 0.3) is 15.9 Å². The van der Waals surface area contributed by atoms with E-state index in [9.17, 15) is 21.6 Å². The smallest absolute Gasteiger partial charge is 0.261 e. The minimum Gasteiger partial charge on any atom is -0.384 e. The molecular formula is C18H24N4O5S2. The lowest BCUT2D eigenvalue weighted by Gasteiger charge is -2.17. The van der Waals surface area contributed by atoms with Gasteiger partial charge in [0.1, 0.15) is 0 Å². The molecule has 0 aliphatic rings. The maximum atomic E-state index is 12.8. The topological polar surface area (TPSA) is 125 Å². The fourth-order valence-corrected chi connectivity index (χ4v) is 4.46. The van der Waals surface area contributed by atoms with Crippen LogP contribution in [0, 0.1) is 0 Å². The second kappa shape index (κ2) is 8.80. The van der Waals surface area contributed by atoms with Crippen LogP contribution in [0.15, 0.2) is 52.3 Å². The van der Waals surface area contributed by atoms with Crippen LogP contribution in [0.2, 0.25) is 0 Å². The molecule has 158 valence electrons. The lowest BCUT2D eigenvalue weighted by Crippen LogP contribution is -2.23. The predicted molar refractivity (Wildman–Crippen MR) is 112 cm³/mol. The zero-order valence-electron chi connectivity index (χ0n) is 16.6. The van der Waals surface area contributed by atoms with Crippen LogP contribution in [-0.2, 0) is 20.0 Å². The molecule has 1 amide bonds. The van der Waals surface area contributed by atoms with Crippen molar-refractivity contribution in [1.29, 1.82) is 0 Å². The minimum atomic E-state index is -4.02. The van der Waals surface area contributed by atoms with Gasteiger partial charge in [-0.2, -0.15) is 0 Å². The van der Waals surface area contributed by atoms with Crippen molar-refractivity contribution in [3.63, 3.8) is 0 Å². The van der Waals surface area contributed by atoms with E-state index in [1.54, 1.807) is 0 Å². The first-order valence-electron chi connectivity index (χ1n) is 8.68. The Morgan fingerprint density at radius 3 is 2.03 bits per heavy atom. The molecule has 0 radical (unpaired) electrons. The van der Waals surface area contributed by atoms with E-state index in [1.165, 1.54) is 63.6 Å². The summed E-state index contributed by atoms with van der Waals surface area (Å²) < 4.78 is 53.9. The van der Waals surface area contributed by atoms with E-state index in [0.717, 1.165) is 4.31 Å². The molecule has 0 saturated heterocycles. The van der Waals surface area contributed by atoms with Crippen LogP contribution in [0.5, 0.6) is 0 Å². The molecule has 0 aromatic heterocycles. The predicted octanol–water partition coefficient (Wildman–Crippen LogP) is 1.53. The van der Waals surface area contributed by atoms with Crippen LogP contribution in [0.3, 0.4) is 0 Å². The lowest BCUT2D eigenvalue weighted by molar-refractivity contribution is 0.0963. The number of nitrogens with one attached hydrogen (secondary N) is 3. The molecule has 0 atom stereocenters. The van der Waals surface area contributed by atoms with Crippen molar-refractivity contribution >= 4 is 37.3 Å². The van der Waals surface area contributed by atoms with Gasteiger partial charge in [0.2, 0.25) is 10.0 Å². The van der Waals surface area contributed by atoms with E-state index in [1.807, 2.05) is 6.92 Å². The second-order valence-corrected chi connectivity index (χ2v) is 10.1. The Labute approximate surface area is 171 Å². The van der Waals surface area contributed by atoms with Crippen LogP contribution in [0.25, 0.3) is 0 Å². The van der Waals surface area contributed by atoms with Crippen molar-refractivity contribution in [2.45, 2.75) is 16.7 Å². The number of anilines is 2. The third-order valence-corrected chi connectivity index (χ3v) is 7.23. The molecule has 2 aromatic rings. The van der Waals surface area contributed by atoms with Gasteiger partial charge in [0, 0.05) is 33.3 Å². The zero-order valence-corrected chi connectivity index (χ0v) is 18.2. The van der Waals surface area contributed by atoms with E-state index in [0.29, 0.717) is 17.8 Å². The maximum absolute atomic E-state index is 12.8. The number of benzene rings is 2. The molecule has 2 aromatic carbocycles. The van der Waals surface area contributed by atoms with Crippen molar-refractivity contribution in [1.82, 2.24) is 9.62 Å². The minimum absolute atomic E-state index is 0.0446. The molecule has 0 bridgehead atoms. The number of sulfonamides is 2. The van der Waals surface area contributed by atoms with E-state index < -0.39 is 20.0 Å². The number of rotatable bonds is 8. The van der Waals surface area contributed by atoms with Gasteiger partial charge in [-0.15, -0.1) is 0 Å². The first-order chi connectivity index (χ1) is 13.5. The third kappa shape index (κ3) is 5.05. The molecule has 29 heavy (non-hydrogen) atoms. The van der Waals surface area contributed by atoms with Crippen LogP contribution < -0.4 is 15.4 Å². The normalized spacial score (nSPS) is 11.9. The Morgan fingerprint density at radius 1 is 0.931 bits per heavy atom.